The van der Waals surface area contributed by atoms with Crippen molar-refractivity contribution in [1.82, 2.24) is 0 Å². The van der Waals surface area contributed by atoms with Crippen LogP contribution in [-0.2, 0) is 0 Å². The minimum Gasteiger partial charge on any atom is -0.327 e. The molecule has 0 bridgehead atoms. The summed E-state index contributed by atoms with van der Waals surface area (Å²) < 4.78 is 25.8. The predicted molar refractivity (Wildman–Crippen MR) is 59.0 cm³/mol. The Morgan fingerprint density at radius 3 is 2.20 bits per heavy atom. The van der Waals surface area contributed by atoms with Crippen LogP contribution >= 0.6 is 0 Å². The van der Waals surface area contributed by atoms with E-state index in [0.29, 0.717) is 24.7 Å². The van der Waals surface area contributed by atoms with Gasteiger partial charge in [-0.1, -0.05) is 13.8 Å². The molecule has 0 aliphatic heterocycles. The summed E-state index contributed by atoms with van der Waals surface area (Å²) in [4.78, 5) is 0. The van der Waals surface area contributed by atoms with E-state index in [0.717, 1.165) is 12.8 Å². The molecule has 0 amide bonds. The van der Waals surface area contributed by atoms with Crippen molar-refractivity contribution in [2.24, 2.45) is 17.6 Å². The van der Waals surface area contributed by atoms with Gasteiger partial charge in [0.05, 0.1) is 0 Å². The molecule has 1 fully saturated rings. The third kappa shape index (κ3) is 4.45. The number of hydrogen-bond acceptors (Lipinski definition) is 1. The van der Waals surface area contributed by atoms with Crippen LogP contribution < -0.4 is 5.73 Å². The first kappa shape index (κ1) is 12.9. The molecule has 2 N–H and O–H groups in total. The summed E-state index contributed by atoms with van der Waals surface area (Å²) in [7, 11) is 0. The highest BCUT2D eigenvalue weighted by atomic mass is 19.3. The van der Waals surface area contributed by atoms with Crippen LogP contribution in [0.15, 0.2) is 0 Å². The summed E-state index contributed by atoms with van der Waals surface area (Å²) in [6.45, 7) is 4.34. The molecular formula is C12H23F2N. The van der Waals surface area contributed by atoms with Gasteiger partial charge in [0, 0.05) is 18.9 Å². The SMILES string of the molecule is CC(C)CCC(N)C1CCC(F)(F)CC1. The van der Waals surface area contributed by atoms with E-state index in [2.05, 4.69) is 13.8 Å². The number of hydrogen-bond donors (Lipinski definition) is 1. The molecule has 90 valence electrons. The van der Waals surface area contributed by atoms with Gasteiger partial charge in [-0.25, -0.2) is 8.78 Å². The fourth-order valence-electron chi connectivity index (χ4n) is 2.25. The van der Waals surface area contributed by atoms with Crippen molar-refractivity contribution in [3.8, 4) is 0 Å². The summed E-state index contributed by atoms with van der Waals surface area (Å²) >= 11 is 0. The van der Waals surface area contributed by atoms with Crippen LogP contribution in [0.25, 0.3) is 0 Å². The number of alkyl halides is 2. The highest BCUT2D eigenvalue weighted by Gasteiger charge is 2.36. The van der Waals surface area contributed by atoms with Crippen LogP contribution in [0.2, 0.25) is 0 Å². The Morgan fingerprint density at radius 2 is 1.73 bits per heavy atom. The lowest BCUT2D eigenvalue weighted by molar-refractivity contribution is -0.0485. The molecule has 0 aromatic heterocycles. The number of rotatable bonds is 4. The van der Waals surface area contributed by atoms with E-state index in [1.54, 1.807) is 0 Å². The highest BCUT2D eigenvalue weighted by Crippen LogP contribution is 2.37. The third-order valence-electron chi connectivity index (χ3n) is 3.44. The molecule has 1 nitrogen and oxygen atoms in total. The second-order valence-electron chi connectivity index (χ2n) is 5.33. The van der Waals surface area contributed by atoms with Gasteiger partial charge < -0.3 is 5.73 Å². The van der Waals surface area contributed by atoms with Crippen molar-refractivity contribution in [2.75, 3.05) is 0 Å². The Hall–Kier alpha value is -0.180. The van der Waals surface area contributed by atoms with Gasteiger partial charge in [-0.3, -0.25) is 0 Å². The van der Waals surface area contributed by atoms with Crippen LogP contribution in [0.1, 0.15) is 52.4 Å². The summed E-state index contributed by atoms with van der Waals surface area (Å²) in [6, 6.07) is 0.128. The topological polar surface area (TPSA) is 26.0 Å². The molecule has 1 unspecified atom stereocenters. The zero-order valence-corrected chi connectivity index (χ0v) is 9.81. The van der Waals surface area contributed by atoms with Gasteiger partial charge >= 0.3 is 0 Å². The normalized spacial score (nSPS) is 24.4. The maximum Gasteiger partial charge on any atom is 0.248 e. The zero-order valence-electron chi connectivity index (χ0n) is 9.81. The molecule has 1 atom stereocenters. The van der Waals surface area contributed by atoms with Crippen molar-refractivity contribution < 1.29 is 8.78 Å². The van der Waals surface area contributed by atoms with Crippen molar-refractivity contribution >= 4 is 0 Å². The molecule has 15 heavy (non-hydrogen) atoms. The second kappa shape index (κ2) is 5.24. The van der Waals surface area contributed by atoms with Gasteiger partial charge in [0.2, 0.25) is 5.92 Å². The molecular weight excluding hydrogens is 196 g/mol. The number of nitrogens with two attached hydrogens (primary N) is 1. The van der Waals surface area contributed by atoms with Gasteiger partial charge in [-0.15, -0.1) is 0 Å². The fraction of sp³-hybridized carbons (Fsp3) is 1.00. The van der Waals surface area contributed by atoms with Crippen molar-refractivity contribution in [2.45, 2.75) is 64.3 Å². The van der Waals surface area contributed by atoms with E-state index in [1.165, 1.54) is 0 Å². The molecule has 0 aromatic rings. The molecule has 0 heterocycles. The molecule has 0 spiro atoms. The Bertz CT molecular complexity index is 182. The fourth-order valence-corrected chi connectivity index (χ4v) is 2.25. The van der Waals surface area contributed by atoms with Crippen molar-refractivity contribution in [3.05, 3.63) is 0 Å². The zero-order chi connectivity index (χ0) is 11.5. The maximum atomic E-state index is 12.9. The predicted octanol–water partition coefficient (Wildman–Crippen LogP) is 3.58. The smallest absolute Gasteiger partial charge is 0.248 e. The molecule has 1 aliphatic rings. The minimum atomic E-state index is -2.42. The van der Waals surface area contributed by atoms with Crippen LogP contribution in [-0.4, -0.2) is 12.0 Å². The van der Waals surface area contributed by atoms with E-state index in [4.69, 9.17) is 5.73 Å². The van der Waals surface area contributed by atoms with E-state index in [9.17, 15) is 8.78 Å². The maximum absolute atomic E-state index is 12.9. The number of halogens is 2. The van der Waals surface area contributed by atoms with Crippen LogP contribution in [0.4, 0.5) is 8.78 Å². The van der Waals surface area contributed by atoms with E-state index < -0.39 is 5.92 Å². The summed E-state index contributed by atoms with van der Waals surface area (Å²) in [6.07, 6.45) is 3.36. The minimum absolute atomic E-state index is 0.0348. The first-order valence-electron chi connectivity index (χ1n) is 6.04. The molecule has 1 saturated carbocycles. The second-order valence-corrected chi connectivity index (χ2v) is 5.33. The lowest BCUT2D eigenvalue weighted by Gasteiger charge is -2.32. The van der Waals surface area contributed by atoms with Gasteiger partial charge in [0.1, 0.15) is 0 Å². The average molecular weight is 219 g/mol. The van der Waals surface area contributed by atoms with Crippen LogP contribution in [0.5, 0.6) is 0 Å². The van der Waals surface area contributed by atoms with Crippen molar-refractivity contribution in [1.29, 1.82) is 0 Å². The van der Waals surface area contributed by atoms with Gasteiger partial charge in [0.15, 0.2) is 0 Å². The molecule has 0 aromatic carbocycles. The summed E-state index contributed by atoms with van der Waals surface area (Å²) in [5.41, 5.74) is 6.04. The van der Waals surface area contributed by atoms with E-state index in [-0.39, 0.29) is 18.9 Å². The Labute approximate surface area is 91.4 Å². The highest BCUT2D eigenvalue weighted by molar-refractivity contribution is 4.83. The Balaban J connectivity index is 2.27. The molecule has 1 aliphatic carbocycles. The average Bonchev–Trinajstić information content (AvgIpc) is 2.14. The van der Waals surface area contributed by atoms with Crippen LogP contribution in [0.3, 0.4) is 0 Å². The van der Waals surface area contributed by atoms with Crippen molar-refractivity contribution in [3.63, 3.8) is 0 Å². The first-order valence-corrected chi connectivity index (χ1v) is 6.04. The van der Waals surface area contributed by atoms with Crippen LogP contribution in [0, 0.1) is 11.8 Å². The van der Waals surface area contributed by atoms with E-state index >= 15 is 0 Å². The van der Waals surface area contributed by atoms with E-state index in [1.807, 2.05) is 0 Å². The summed E-state index contributed by atoms with van der Waals surface area (Å²) in [5, 5.41) is 0. The first-order chi connectivity index (χ1) is 6.91. The molecule has 1 rings (SSSR count). The summed E-state index contributed by atoms with van der Waals surface area (Å²) in [5.74, 6) is -1.45. The lowest BCUT2D eigenvalue weighted by Crippen LogP contribution is -2.36. The quantitative estimate of drug-likeness (QED) is 0.768. The monoisotopic (exact) mass is 219 g/mol. The third-order valence-corrected chi connectivity index (χ3v) is 3.44. The van der Waals surface area contributed by atoms with Gasteiger partial charge in [0.25, 0.3) is 0 Å². The van der Waals surface area contributed by atoms with Gasteiger partial charge in [-0.2, -0.15) is 0 Å². The molecule has 3 heteroatoms. The molecule has 0 saturated heterocycles. The van der Waals surface area contributed by atoms with Gasteiger partial charge in [-0.05, 0) is 37.5 Å². The Morgan fingerprint density at radius 1 is 1.20 bits per heavy atom. The lowest BCUT2D eigenvalue weighted by atomic mass is 9.80. The molecule has 0 radical (unpaired) electrons. The standard InChI is InChI=1S/C12H23F2N/c1-9(2)3-4-11(15)10-5-7-12(13,14)8-6-10/h9-11H,3-8,15H2,1-2H3. The largest absolute Gasteiger partial charge is 0.327 e. The Kier molecular flexibility index (Phi) is 4.50.